The lowest BCUT2D eigenvalue weighted by Crippen LogP contribution is -1.94. The van der Waals surface area contributed by atoms with Crippen molar-refractivity contribution in [3.05, 3.63) is 41.5 Å². The van der Waals surface area contributed by atoms with Gasteiger partial charge in [-0.25, -0.2) is 0 Å². The van der Waals surface area contributed by atoms with E-state index in [-0.39, 0.29) is 0 Å². The van der Waals surface area contributed by atoms with E-state index in [2.05, 4.69) is 0 Å². The van der Waals surface area contributed by atoms with Gasteiger partial charge in [0.25, 0.3) is 0 Å². The summed E-state index contributed by atoms with van der Waals surface area (Å²) in [4.78, 5) is 9.99. The summed E-state index contributed by atoms with van der Waals surface area (Å²) >= 11 is 0. The van der Waals surface area contributed by atoms with Crippen LogP contribution in [0.25, 0.3) is 6.08 Å². The summed E-state index contributed by atoms with van der Waals surface area (Å²) in [6.45, 7) is 0.553. The largest absolute Gasteiger partial charge is 0.326 e. The topological polar surface area (TPSA) is 43.1 Å². The molecule has 12 heavy (non-hydrogen) atoms. The van der Waals surface area contributed by atoms with Crippen LogP contribution < -0.4 is 5.73 Å². The van der Waals surface area contributed by atoms with Crippen molar-refractivity contribution in [1.29, 1.82) is 0 Å². The van der Waals surface area contributed by atoms with Crippen molar-refractivity contribution in [2.24, 2.45) is 5.73 Å². The molecule has 2 N–H and O–H groups in total. The minimum Gasteiger partial charge on any atom is -0.326 e. The van der Waals surface area contributed by atoms with Crippen LogP contribution in [0.1, 0.15) is 11.1 Å². The predicted octanol–water partition coefficient (Wildman–Crippen LogP) is 1.36. The van der Waals surface area contributed by atoms with Gasteiger partial charge in [0, 0.05) is 6.54 Å². The van der Waals surface area contributed by atoms with Crippen LogP contribution in [-0.4, -0.2) is 6.29 Å². The third-order valence-corrected chi connectivity index (χ3v) is 1.58. The summed E-state index contributed by atoms with van der Waals surface area (Å²) in [7, 11) is 0. The highest BCUT2D eigenvalue weighted by Crippen LogP contribution is 2.04. The van der Waals surface area contributed by atoms with Gasteiger partial charge in [0.05, 0.1) is 0 Å². The molecule has 0 bridgehead atoms. The molecule has 0 saturated carbocycles. The summed E-state index contributed by atoms with van der Waals surface area (Å²) < 4.78 is 0. The number of benzene rings is 1. The number of rotatable bonds is 3. The van der Waals surface area contributed by atoms with E-state index in [4.69, 9.17) is 5.73 Å². The van der Waals surface area contributed by atoms with Crippen molar-refractivity contribution in [1.82, 2.24) is 0 Å². The maximum Gasteiger partial charge on any atom is 0.142 e. The average molecular weight is 161 g/mol. The lowest BCUT2D eigenvalue weighted by Gasteiger charge is -1.95. The van der Waals surface area contributed by atoms with Crippen LogP contribution >= 0.6 is 0 Å². The molecule has 1 aromatic rings. The Balaban J connectivity index is 2.77. The number of carbonyl (C=O) groups excluding carboxylic acids is 1. The maximum atomic E-state index is 9.99. The van der Waals surface area contributed by atoms with E-state index in [1.807, 2.05) is 24.3 Å². The molecular formula is C10H11NO. The van der Waals surface area contributed by atoms with Gasteiger partial charge in [-0.3, -0.25) is 4.79 Å². The molecule has 2 nitrogen and oxygen atoms in total. The van der Waals surface area contributed by atoms with Gasteiger partial charge >= 0.3 is 0 Å². The van der Waals surface area contributed by atoms with Gasteiger partial charge in [0.2, 0.25) is 0 Å². The zero-order valence-corrected chi connectivity index (χ0v) is 6.73. The smallest absolute Gasteiger partial charge is 0.142 e. The lowest BCUT2D eigenvalue weighted by molar-refractivity contribution is -0.104. The standard InChI is InChI=1S/C10H11NO/c11-8-10-5-3-9(4-6-10)2-1-7-12/h1-7H,8,11H2/b2-1+. The highest BCUT2D eigenvalue weighted by atomic mass is 16.1. The van der Waals surface area contributed by atoms with E-state index in [9.17, 15) is 4.79 Å². The molecule has 0 atom stereocenters. The first-order valence-electron chi connectivity index (χ1n) is 3.77. The highest BCUT2D eigenvalue weighted by Gasteiger charge is 1.87. The molecule has 0 saturated heterocycles. The van der Waals surface area contributed by atoms with E-state index in [0.29, 0.717) is 6.54 Å². The van der Waals surface area contributed by atoms with Gasteiger partial charge in [-0.15, -0.1) is 0 Å². The van der Waals surface area contributed by atoms with Crippen LogP contribution in [0, 0.1) is 0 Å². The SMILES string of the molecule is NCc1ccc(/C=C/C=O)cc1. The fourth-order valence-corrected chi connectivity index (χ4v) is 0.915. The van der Waals surface area contributed by atoms with Crippen LogP contribution in [0.3, 0.4) is 0 Å². The molecular weight excluding hydrogens is 150 g/mol. The maximum absolute atomic E-state index is 9.99. The molecule has 0 amide bonds. The van der Waals surface area contributed by atoms with Crippen molar-refractivity contribution in [2.75, 3.05) is 0 Å². The Morgan fingerprint density at radius 3 is 2.42 bits per heavy atom. The summed E-state index contributed by atoms with van der Waals surface area (Å²) in [6.07, 6.45) is 3.99. The van der Waals surface area contributed by atoms with E-state index in [1.165, 1.54) is 6.08 Å². The van der Waals surface area contributed by atoms with Crippen LogP contribution in [0.5, 0.6) is 0 Å². The molecule has 0 aliphatic carbocycles. The summed E-state index contributed by atoms with van der Waals surface area (Å²) in [5, 5.41) is 0. The molecule has 2 heteroatoms. The van der Waals surface area contributed by atoms with Crippen LogP contribution in [0.15, 0.2) is 30.3 Å². The molecule has 0 fully saturated rings. The molecule has 1 aromatic carbocycles. The molecule has 62 valence electrons. The molecule has 0 unspecified atom stereocenters. The van der Waals surface area contributed by atoms with Gasteiger partial charge < -0.3 is 5.73 Å². The lowest BCUT2D eigenvalue weighted by atomic mass is 10.1. The van der Waals surface area contributed by atoms with Gasteiger partial charge in [0.1, 0.15) is 6.29 Å². The molecule has 0 aromatic heterocycles. The second-order valence-corrected chi connectivity index (χ2v) is 2.44. The minimum atomic E-state index is 0.553. The summed E-state index contributed by atoms with van der Waals surface area (Å²) in [5.74, 6) is 0. The molecule has 0 spiro atoms. The zero-order chi connectivity index (χ0) is 8.81. The first-order valence-corrected chi connectivity index (χ1v) is 3.77. The average Bonchev–Trinajstić information content (AvgIpc) is 2.15. The van der Waals surface area contributed by atoms with Crippen LogP contribution in [-0.2, 0) is 11.3 Å². The van der Waals surface area contributed by atoms with E-state index in [1.54, 1.807) is 6.08 Å². The molecule has 0 aliphatic rings. The zero-order valence-electron chi connectivity index (χ0n) is 6.73. The Labute approximate surface area is 71.7 Å². The van der Waals surface area contributed by atoms with Crippen LogP contribution in [0.2, 0.25) is 0 Å². The van der Waals surface area contributed by atoms with Crippen molar-refractivity contribution in [3.8, 4) is 0 Å². The Bertz CT molecular complexity index is 274. The second kappa shape index (κ2) is 4.46. The highest BCUT2D eigenvalue weighted by molar-refractivity contribution is 5.73. The third-order valence-electron chi connectivity index (χ3n) is 1.58. The van der Waals surface area contributed by atoms with E-state index in [0.717, 1.165) is 17.4 Å². The molecule has 0 radical (unpaired) electrons. The number of carbonyl (C=O) groups is 1. The van der Waals surface area contributed by atoms with Crippen molar-refractivity contribution >= 4 is 12.4 Å². The van der Waals surface area contributed by atoms with Gasteiger partial charge in [-0.1, -0.05) is 30.3 Å². The van der Waals surface area contributed by atoms with Gasteiger partial charge in [-0.2, -0.15) is 0 Å². The first-order chi connectivity index (χ1) is 5.86. The van der Waals surface area contributed by atoms with E-state index >= 15 is 0 Å². The van der Waals surface area contributed by atoms with Crippen molar-refractivity contribution in [2.45, 2.75) is 6.54 Å². The quantitative estimate of drug-likeness (QED) is 0.537. The van der Waals surface area contributed by atoms with E-state index < -0.39 is 0 Å². The summed E-state index contributed by atoms with van der Waals surface area (Å²) in [5.41, 5.74) is 7.53. The number of aldehydes is 1. The fraction of sp³-hybridized carbons (Fsp3) is 0.100. The Morgan fingerprint density at radius 2 is 1.92 bits per heavy atom. The number of hydrogen-bond acceptors (Lipinski definition) is 2. The van der Waals surface area contributed by atoms with Gasteiger partial charge in [-0.05, 0) is 17.2 Å². The normalized spacial score (nSPS) is 10.4. The minimum absolute atomic E-state index is 0.553. The molecule has 0 aliphatic heterocycles. The number of hydrogen-bond donors (Lipinski definition) is 1. The first kappa shape index (κ1) is 8.68. The van der Waals surface area contributed by atoms with Crippen molar-refractivity contribution in [3.63, 3.8) is 0 Å². The number of allylic oxidation sites excluding steroid dienone is 1. The second-order valence-electron chi connectivity index (χ2n) is 2.44. The van der Waals surface area contributed by atoms with Crippen molar-refractivity contribution < 1.29 is 4.79 Å². The van der Waals surface area contributed by atoms with Crippen LogP contribution in [0.4, 0.5) is 0 Å². The summed E-state index contributed by atoms with van der Waals surface area (Å²) in [6, 6.07) is 7.76. The fourth-order valence-electron chi connectivity index (χ4n) is 0.915. The Morgan fingerprint density at radius 1 is 1.25 bits per heavy atom. The number of nitrogens with two attached hydrogens (primary N) is 1. The Kier molecular flexibility index (Phi) is 3.23. The van der Waals surface area contributed by atoms with Gasteiger partial charge in [0.15, 0.2) is 0 Å². The molecule has 0 heterocycles. The third kappa shape index (κ3) is 2.32. The monoisotopic (exact) mass is 161 g/mol. The molecule has 1 rings (SSSR count). The predicted molar refractivity (Wildman–Crippen MR) is 49.4 cm³/mol. The Hall–Kier alpha value is -1.41.